The Morgan fingerprint density at radius 2 is 1.78 bits per heavy atom. The van der Waals surface area contributed by atoms with E-state index in [1.54, 1.807) is 0 Å². The van der Waals surface area contributed by atoms with Crippen LogP contribution in [0.4, 0.5) is 0 Å². The van der Waals surface area contributed by atoms with Crippen molar-refractivity contribution in [2.24, 2.45) is 5.73 Å². The van der Waals surface area contributed by atoms with E-state index in [4.69, 9.17) is 15.2 Å². The van der Waals surface area contributed by atoms with Gasteiger partial charge >= 0.3 is 0 Å². The lowest BCUT2D eigenvalue weighted by molar-refractivity contribution is 0.319. The number of nitrogens with zero attached hydrogens (tertiary/aromatic N) is 2. The van der Waals surface area contributed by atoms with Gasteiger partial charge in [0.2, 0.25) is 5.88 Å². The third-order valence-electron chi connectivity index (χ3n) is 3.96. The normalized spacial score (nSPS) is 11.9. The van der Waals surface area contributed by atoms with Crippen LogP contribution in [0.3, 0.4) is 0 Å². The third kappa shape index (κ3) is 5.05. The van der Waals surface area contributed by atoms with Crippen LogP contribution in [0, 0.1) is 6.92 Å². The highest BCUT2D eigenvalue weighted by molar-refractivity contribution is 5.60. The molecule has 0 fully saturated rings. The molecule has 2 N–H and O–H groups in total. The molecule has 2 aromatic carbocycles. The van der Waals surface area contributed by atoms with Gasteiger partial charge in [-0.15, -0.1) is 0 Å². The van der Waals surface area contributed by atoms with Crippen molar-refractivity contribution in [3.8, 4) is 28.6 Å². The van der Waals surface area contributed by atoms with Crippen LogP contribution >= 0.6 is 0 Å². The Kier molecular flexibility index (Phi) is 6.04. The molecule has 3 rings (SSSR count). The van der Waals surface area contributed by atoms with E-state index in [1.807, 2.05) is 75.4 Å². The lowest BCUT2D eigenvalue weighted by atomic mass is 10.1. The molecule has 27 heavy (non-hydrogen) atoms. The van der Waals surface area contributed by atoms with Crippen LogP contribution in [0.15, 0.2) is 54.6 Å². The summed E-state index contributed by atoms with van der Waals surface area (Å²) in [6, 6.07) is 17.8. The van der Waals surface area contributed by atoms with Gasteiger partial charge in [-0.2, -0.15) is 4.98 Å². The summed E-state index contributed by atoms with van der Waals surface area (Å²) in [4.78, 5) is 8.93. The molecule has 5 nitrogen and oxygen atoms in total. The number of hydrogen-bond donors (Lipinski definition) is 1. The van der Waals surface area contributed by atoms with Crippen LogP contribution in [0.5, 0.6) is 17.4 Å². The zero-order valence-corrected chi connectivity index (χ0v) is 16.0. The highest BCUT2D eigenvalue weighted by Gasteiger charge is 2.12. The summed E-state index contributed by atoms with van der Waals surface area (Å²) in [6.07, 6.45) is 0.783. The molecule has 1 unspecified atom stereocenters. The van der Waals surface area contributed by atoms with E-state index in [0.717, 1.165) is 23.2 Å². The van der Waals surface area contributed by atoms with Crippen LogP contribution in [0.25, 0.3) is 11.3 Å². The highest BCUT2D eigenvalue weighted by atomic mass is 16.5. The van der Waals surface area contributed by atoms with Gasteiger partial charge in [-0.1, -0.05) is 36.4 Å². The van der Waals surface area contributed by atoms with E-state index < -0.39 is 0 Å². The zero-order valence-electron chi connectivity index (χ0n) is 16.0. The minimum Gasteiger partial charge on any atom is -0.490 e. The highest BCUT2D eigenvalue weighted by Crippen LogP contribution is 2.33. The molecule has 1 heterocycles. The number of aromatic nitrogens is 2. The van der Waals surface area contributed by atoms with E-state index in [2.05, 4.69) is 9.97 Å². The monoisotopic (exact) mass is 363 g/mol. The lowest BCUT2D eigenvalue weighted by Gasteiger charge is -2.14. The van der Waals surface area contributed by atoms with E-state index >= 15 is 0 Å². The predicted molar refractivity (Wildman–Crippen MR) is 107 cm³/mol. The van der Waals surface area contributed by atoms with Gasteiger partial charge in [0.05, 0.1) is 12.3 Å². The predicted octanol–water partition coefficient (Wildman–Crippen LogP) is 4.53. The van der Waals surface area contributed by atoms with Gasteiger partial charge in [0.1, 0.15) is 5.82 Å². The van der Waals surface area contributed by atoms with Gasteiger partial charge in [-0.05, 0) is 44.9 Å². The maximum Gasteiger partial charge on any atom is 0.223 e. The summed E-state index contributed by atoms with van der Waals surface area (Å²) >= 11 is 0. The fourth-order valence-corrected chi connectivity index (χ4v) is 2.87. The number of rotatable bonds is 7. The van der Waals surface area contributed by atoms with Crippen molar-refractivity contribution < 1.29 is 9.47 Å². The van der Waals surface area contributed by atoms with Crippen molar-refractivity contribution in [2.75, 3.05) is 6.61 Å². The molecule has 0 aliphatic heterocycles. The van der Waals surface area contributed by atoms with Crippen molar-refractivity contribution in [1.82, 2.24) is 9.97 Å². The Balaban J connectivity index is 1.91. The quantitative estimate of drug-likeness (QED) is 0.668. The Hall–Kier alpha value is -2.92. The molecule has 0 spiro atoms. The van der Waals surface area contributed by atoms with E-state index in [9.17, 15) is 0 Å². The molecule has 0 saturated heterocycles. The van der Waals surface area contributed by atoms with Gasteiger partial charge in [0.25, 0.3) is 0 Å². The Morgan fingerprint density at radius 3 is 2.48 bits per heavy atom. The topological polar surface area (TPSA) is 70.3 Å². The maximum absolute atomic E-state index is 6.06. The van der Waals surface area contributed by atoms with Crippen molar-refractivity contribution >= 4 is 0 Å². The molecule has 0 aliphatic carbocycles. The van der Waals surface area contributed by atoms with Crippen LogP contribution in [0.2, 0.25) is 0 Å². The molecule has 1 atom stereocenters. The molecule has 0 bridgehead atoms. The van der Waals surface area contributed by atoms with E-state index in [1.165, 1.54) is 0 Å². The minimum atomic E-state index is 0.0872. The number of benzene rings is 2. The second-order valence-electron chi connectivity index (χ2n) is 6.50. The minimum absolute atomic E-state index is 0.0872. The first-order valence-corrected chi connectivity index (χ1v) is 9.15. The third-order valence-corrected chi connectivity index (χ3v) is 3.96. The SMILES string of the molecule is CCOc1cc(CC(C)N)ccc1Oc1cc(-c2ccccc2)nc(C)n1. The van der Waals surface area contributed by atoms with Gasteiger partial charge in [0, 0.05) is 17.7 Å². The number of ether oxygens (including phenoxy) is 2. The van der Waals surface area contributed by atoms with Crippen LogP contribution in [-0.2, 0) is 6.42 Å². The van der Waals surface area contributed by atoms with Gasteiger partial charge in [-0.3, -0.25) is 0 Å². The summed E-state index contributed by atoms with van der Waals surface area (Å²) in [7, 11) is 0. The maximum atomic E-state index is 6.06. The van der Waals surface area contributed by atoms with Crippen LogP contribution < -0.4 is 15.2 Å². The largest absolute Gasteiger partial charge is 0.490 e. The van der Waals surface area contributed by atoms with E-state index in [-0.39, 0.29) is 6.04 Å². The fraction of sp³-hybridized carbons (Fsp3) is 0.273. The van der Waals surface area contributed by atoms with Crippen molar-refractivity contribution in [3.63, 3.8) is 0 Å². The summed E-state index contributed by atoms with van der Waals surface area (Å²) in [5, 5.41) is 0. The summed E-state index contributed by atoms with van der Waals surface area (Å²) in [5.41, 5.74) is 8.87. The molecule has 0 aliphatic rings. The molecular formula is C22H25N3O2. The molecule has 0 saturated carbocycles. The zero-order chi connectivity index (χ0) is 19.2. The Bertz CT molecular complexity index is 895. The molecule has 0 radical (unpaired) electrons. The number of hydrogen-bond acceptors (Lipinski definition) is 5. The Labute approximate surface area is 160 Å². The number of aryl methyl sites for hydroxylation is 1. The first-order chi connectivity index (χ1) is 13.0. The van der Waals surface area contributed by atoms with Gasteiger partial charge in [-0.25, -0.2) is 4.98 Å². The molecule has 0 amide bonds. The molecule has 3 aromatic rings. The molecule has 1 aromatic heterocycles. The first kappa shape index (κ1) is 18.9. The number of nitrogens with two attached hydrogens (primary N) is 1. The molecule has 5 heteroatoms. The van der Waals surface area contributed by atoms with Crippen molar-refractivity contribution in [1.29, 1.82) is 0 Å². The lowest BCUT2D eigenvalue weighted by Crippen LogP contribution is -2.17. The summed E-state index contributed by atoms with van der Waals surface area (Å²) < 4.78 is 11.8. The average molecular weight is 363 g/mol. The van der Waals surface area contributed by atoms with Crippen LogP contribution in [-0.4, -0.2) is 22.6 Å². The second kappa shape index (κ2) is 8.64. The second-order valence-corrected chi connectivity index (χ2v) is 6.50. The van der Waals surface area contributed by atoms with Gasteiger partial charge in [0.15, 0.2) is 11.5 Å². The van der Waals surface area contributed by atoms with E-state index in [0.29, 0.717) is 29.8 Å². The smallest absolute Gasteiger partial charge is 0.223 e. The summed E-state index contributed by atoms with van der Waals surface area (Å²) in [5.74, 6) is 2.45. The Morgan fingerprint density at radius 1 is 1.00 bits per heavy atom. The van der Waals surface area contributed by atoms with Crippen molar-refractivity contribution in [3.05, 3.63) is 66.0 Å². The van der Waals surface area contributed by atoms with Gasteiger partial charge < -0.3 is 15.2 Å². The fourth-order valence-electron chi connectivity index (χ4n) is 2.87. The summed E-state index contributed by atoms with van der Waals surface area (Å²) in [6.45, 7) is 6.34. The standard InChI is InChI=1S/C22H25N3O2/c1-4-26-21-13-17(12-15(2)23)10-11-20(21)27-22-14-19(24-16(3)25-22)18-8-6-5-7-9-18/h5-11,13-15H,4,12,23H2,1-3H3. The average Bonchev–Trinajstić information content (AvgIpc) is 2.64. The van der Waals surface area contributed by atoms with Crippen LogP contribution in [0.1, 0.15) is 25.2 Å². The van der Waals surface area contributed by atoms with Crippen molar-refractivity contribution in [2.45, 2.75) is 33.2 Å². The molecule has 140 valence electrons. The molecular weight excluding hydrogens is 338 g/mol. The first-order valence-electron chi connectivity index (χ1n) is 9.15.